The molecule has 1 fully saturated rings. The molecule has 6 nitrogen and oxygen atoms in total. The van der Waals surface area contributed by atoms with Crippen LogP contribution in [0.3, 0.4) is 0 Å². The van der Waals surface area contributed by atoms with Gasteiger partial charge in [0.2, 0.25) is 5.88 Å². The number of methoxy groups -OCH3 is 1. The van der Waals surface area contributed by atoms with Crippen LogP contribution in [-0.4, -0.2) is 47.1 Å². The van der Waals surface area contributed by atoms with Crippen molar-refractivity contribution < 1.29 is 18.7 Å². The molecular weight excluding hydrogens is 313 g/mol. The van der Waals surface area contributed by atoms with Crippen LogP contribution in [0.2, 0.25) is 0 Å². The molecule has 1 aromatic heterocycles. The second kappa shape index (κ2) is 7.25. The highest BCUT2D eigenvalue weighted by Crippen LogP contribution is 2.20. The zero-order valence-corrected chi connectivity index (χ0v) is 13.3. The van der Waals surface area contributed by atoms with Gasteiger partial charge in [0.05, 0.1) is 12.7 Å². The lowest BCUT2D eigenvalue weighted by Gasteiger charge is -2.32. The second-order valence-electron chi connectivity index (χ2n) is 5.47. The van der Waals surface area contributed by atoms with Crippen molar-refractivity contribution in [1.29, 1.82) is 0 Å². The summed E-state index contributed by atoms with van der Waals surface area (Å²) in [6.45, 7) is 1.03. The summed E-state index contributed by atoms with van der Waals surface area (Å²) in [5.41, 5.74) is 0.109. The van der Waals surface area contributed by atoms with E-state index in [4.69, 9.17) is 9.47 Å². The quantitative estimate of drug-likeness (QED) is 0.860. The zero-order chi connectivity index (χ0) is 16.9. The van der Waals surface area contributed by atoms with Gasteiger partial charge in [-0.05, 0) is 12.1 Å². The number of hydrogen-bond donors (Lipinski definition) is 0. The Bertz CT molecular complexity index is 718. The first-order valence-electron chi connectivity index (χ1n) is 7.75. The molecule has 0 N–H and O–H groups in total. The Balaban J connectivity index is 1.57. The first-order valence-corrected chi connectivity index (χ1v) is 7.75. The number of ether oxygens (including phenoxy) is 2. The maximum absolute atomic E-state index is 13.7. The van der Waals surface area contributed by atoms with Crippen molar-refractivity contribution in [1.82, 2.24) is 14.9 Å². The Hall–Kier alpha value is -2.70. The van der Waals surface area contributed by atoms with Gasteiger partial charge < -0.3 is 14.4 Å². The first kappa shape index (κ1) is 16.2. The van der Waals surface area contributed by atoms with Crippen LogP contribution in [-0.2, 0) is 0 Å². The predicted molar refractivity (Wildman–Crippen MR) is 84.5 cm³/mol. The van der Waals surface area contributed by atoms with Crippen molar-refractivity contribution in [2.45, 2.75) is 18.9 Å². The van der Waals surface area contributed by atoms with Crippen molar-refractivity contribution in [2.75, 3.05) is 20.2 Å². The van der Waals surface area contributed by atoms with Crippen LogP contribution < -0.4 is 9.47 Å². The molecule has 0 aliphatic carbocycles. The van der Waals surface area contributed by atoms with E-state index in [0.29, 0.717) is 31.8 Å². The molecule has 1 aliphatic heterocycles. The molecule has 3 rings (SSSR count). The van der Waals surface area contributed by atoms with Gasteiger partial charge in [-0.25, -0.2) is 9.37 Å². The van der Waals surface area contributed by atoms with E-state index in [0.717, 1.165) is 0 Å². The van der Waals surface area contributed by atoms with E-state index >= 15 is 0 Å². The van der Waals surface area contributed by atoms with Gasteiger partial charge >= 0.3 is 6.01 Å². The van der Waals surface area contributed by atoms with E-state index in [2.05, 4.69) is 9.97 Å². The molecule has 1 amide bonds. The largest absolute Gasteiger partial charge is 0.474 e. The third-order valence-electron chi connectivity index (χ3n) is 3.91. The van der Waals surface area contributed by atoms with E-state index in [1.165, 1.54) is 19.2 Å². The number of amides is 1. The van der Waals surface area contributed by atoms with E-state index in [-0.39, 0.29) is 23.6 Å². The summed E-state index contributed by atoms with van der Waals surface area (Å²) in [5, 5.41) is 0. The minimum atomic E-state index is -0.492. The molecule has 24 heavy (non-hydrogen) atoms. The topological polar surface area (TPSA) is 64.6 Å². The zero-order valence-electron chi connectivity index (χ0n) is 13.3. The molecule has 2 heterocycles. The number of benzene rings is 1. The minimum absolute atomic E-state index is 0.0470. The van der Waals surface area contributed by atoms with Gasteiger partial charge in [-0.1, -0.05) is 12.1 Å². The summed E-state index contributed by atoms with van der Waals surface area (Å²) < 4.78 is 24.5. The molecule has 1 saturated heterocycles. The number of rotatable bonds is 4. The van der Waals surface area contributed by atoms with Gasteiger partial charge in [-0.2, -0.15) is 4.98 Å². The summed E-state index contributed by atoms with van der Waals surface area (Å²) >= 11 is 0. The smallest absolute Gasteiger partial charge is 0.319 e. The lowest BCUT2D eigenvalue weighted by Crippen LogP contribution is -2.42. The highest BCUT2D eigenvalue weighted by Gasteiger charge is 2.26. The molecular formula is C17H18FN3O3. The Morgan fingerprint density at radius 2 is 2.00 bits per heavy atom. The molecule has 1 aliphatic rings. The second-order valence-corrected chi connectivity index (χ2v) is 5.47. The molecule has 0 spiro atoms. The SMILES string of the molecule is COc1nccc(OC2CCN(C(=O)c3ccccc3F)CC2)n1. The molecule has 7 heteroatoms. The lowest BCUT2D eigenvalue weighted by molar-refractivity contribution is 0.0582. The van der Waals surface area contributed by atoms with Crippen LogP contribution >= 0.6 is 0 Å². The van der Waals surface area contributed by atoms with Crippen LogP contribution in [0, 0.1) is 5.82 Å². The summed E-state index contributed by atoms with van der Waals surface area (Å²) in [6, 6.07) is 7.95. The number of carbonyl (C=O) groups excluding carboxylic acids is 1. The molecule has 2 aromatic rings. The van der Waals surface area contributed by atoms with Gasteiger partial charge in [0.25, 0.3) is 5.91 Å². The predicted octanol–water partition coefficient (Wildman–Crippen LogP) is 2.31. The van der Waals surface area contributed by atoms with E-state index in [9.17, 15) is 9.18 Å². The lowest BCUT2D eigenvalue weighted by atomic mass is 10.1. The van der Waals surface area contributed by atoms with Gasteiger partial charge in [0.1, 0.15) is 11.9 Å². The average Bonchev–Trinajstić information content (AvgIpc) is 2.62. The van der Waals surface area contributed by atoms with Crippen molar-refractivity contribution in [3.8, 4) is 11.9 Å². The van der Waals surface area contributed by atoms with Crippen LogP contribution in [0.4, 0.5) is 4.39 Å². The molecule has 0 bridgehead atoms. The van der Waals surface area contributed by atoms with E-state index in [1.54, 1.807) is 29.3 Å². The molecule has 126 valence electrons. The molecule has 1 aromatic carbocycles. The molecule has 0 radical (unpaired) electrons. The molecule has 0 unspecified atom stereocenters. The third kappa shape index (κ3) is 3.61. The number of aromatic nitrogens is 2. The Labute approximate surface area is 139 Å². The molecule has 0 saturated carbocycles. The Morgan fingerprint density at radius 1 is 1.25 bits per heavy atom. The van der Waals surface area contributed by atoms with Crippen molar-refractivity contribution in [3.05, 3.63) is 47.9 Å². The Kier molecular flexibility index (Phi) is 4.88. The Morgan fingerprint density at radius 3 is 2.71 bits per heavy atom. The van der Waals surface area contributed by atoms with Gasteiger partial charge in [-0.3, -0.25) is 4.79 Å². The van der Waals surface area contributed by atoms with E-state index in [1.807, 2.05) is 0 Å². The van der Waals surface area contributed by atoms with Gasteiger partial charge in [0, 0.05) is 38.2 Å². The fourth-order valence-corrected chi connectivity index (χ4v) is 2.64. The average molecular weight is 331 g/mol. The van der Waals surface area contributed by atoms with Gasteiger partial charge in [-0.15, -0.1) is 0 Å². The van der Waals surface area contributed by atoms with Crippen molar-refractivity contribution in [3.63, 3.8) is 0 Å². The standard InChI is InChI=1S/C17H18FN3O3/c1-23-17-19-9-6-15(20-17)24-12-7-10-21(11-8-12)16(22)13-4-2-3-5-14(13)18/h2-6,9,12H,7-8,10-11H2,1H3. The van der Waals surface area contributed by atoms with Crippen LogP contribution in [0.5, 0.6) is 11.9 Å². The first-order chi connectivity index (χ1) is 11.7. The van der Waals surface area contributed by atoms with Crippen LogP contribution in [0.1, 0.15) is 23.2 Å². The maximum Gasteiger partial charge on any atom is 0.319 e. The number of likely N-dealkylation sites (tertiary alicyclic amines) is 1. The fourth-order valence-electron chi connectivity index (χ4n) is 2.64. The highest BCUT2D eigenvalue weighted by molar-refractivity contribution is 5.94. The summed E-state index contributed by atoms with van der Waals surface area (Å²) in [5.74, 6) is -0.329. The number of piperidine rings is 1. The molecule has 0 atom stereocenters. The van der Waals surface area contributed by atoms with Crippen LogP contribution in [0.25, 0.3) is 0 Å². The van der Waals surface area contributed by atoms with E-state index < -0.39 is 5.82 Å². The fraction of sp³-hybridized carbons (Fsp3) is 0.353. The highest BCUT2D eigenvalue weighted by atomic mass is 19.1. The number of nitrogens with zero attached hydrogens (tertiary/aromatic N) is 3. The van der Waals surface area contributed by atoms with Crippen molar-refractivity contribution >= 4 is 5.91 Å². The van der Waals surface area contributed by atoms with Gasteiger partial charge in [0.15, 0.2) is 0 Å². The van der Waals surface area contributed by atoms with Crippen LogP contribution in [0.15, 0.2) is 36.5 Å². The summed E-state index contributed by atoms with van der Waals surface area (Å²) in [7, 11) is 1.49. The minimum Gasteiger partial charge on any atom is -0.474 e. The maximum atomic E-state index is 13.7. The third-order valence-corrected chi connectivity index (χ3v) is 3.91. The number of carbonyl (C=O) groups is 1. The normalized spacial score (nSPS) is 15.2. The summed E-state index contributed by atoms with van der Waals surface area (Å²) in [6.07, 6.45) is 2.84. The number of halogens is 1. The van der Waals surface area contributed by atoms with Crippen molar-refractivity contribution in [2.24, 2.45) is 0 Å². The monoisotopic (exact) mass is 331 g/mol. The number of hydrogen-bond acceptors (Lipinski definition) is 5. The summed E-state index contributed by atoms with van der Waals surface area (Å²) in [4.78, 5) is 22.1.